The molecule has 144 valence electrons. The van der Waals surface area contributed by atoms with E-state index in [4.69, 9.17) is 21.3 Å². The van der Waals surface area contributed by atoms with Crippen LogP contribution in [-0.2, 0) is 9.53 Å². The Bertz CT molecular complexity index is 852. The lowest BCUT2D eigenvalue weighted by Gasteiger charge is -2.39. The Labute approximate surface area is 163 Å². The van der Waals surface area contributed by atoms with Crippen molar-refractivity contribution >= 4 is 23.3 Å². The Hall–Kier alpha value is -1.95. The number of fused-ring (bicyclic) bond motifs is 5. The van der Waals surface area contributed by atoms with Crippen molar-refractivity contribution in [2.24, 2.45) is 21.7 Å². The molecule has 0 aromatic heterocycles. The Balaban J connectivity index is 1.76. The summed E-state index contributed by atoms with van der Waals surface area (Å²) in [5, 5.41) is 11.8. The number of aliphatic imine (C=N–C) groups is 1. The molecule has 3 aliphatic rings. The van der Waals surface area contributed by atoms with Gasteiger partial charge >= 0.3 is 5.97 Å². The second-order valence-corrected chi connectivity index (χ2v) is 9.16. The van der Waals surface area contributed by atoms with Crippen molar-refractivity contribution in [2.75, 3.05) is 6.54 Å². The quantitative estimate of drug-likeness (QED) is 0.443. The van der Waals surface area contributed by atoms with Crippen LogP contribution in [0.3, 0.4) is 0 Å². The highest BCUT2D eigenvalue weighted by molar-refractivity contribution is 6.30. The molecule has 0 spiro atoms. The van der Waals surface area contributed by atoms with Crippen LogP contribution in [0.4, 0.5) is 0 Å². The summed E-state index contributed by atoms with van der Waals surface area (Å²) < 4.78 is 5.88. The van der Waals surface area contributed by atoms with Crippen LogP contribution in [0, 0.1) is 26.9 Å². The van der Waals surface area contributed by atoms with E-state index < -0.39 is 29.4 Å². The number of rotatable bonds is 4. The van der Waals surface area contributed by atoms with Gasteiger partial charge in [0.1, 0.15) is 6.10 Å². The first-order valence-corrected chi connectivity index (χ1v) is 9.68. The van der Waals surface area contributed by atoms with Gasteiger partial charge < -0.3 is 4.74 Å². The first-order chi connectivity index (χ1) is 12.6. The first kappa shape index (κ1) is 18.4. The van der Waals surface area contributed by atoms with E-state index in [-0.39, 0.29) is 22.9 Å². The Kier molecular flexibility index (Phi) is 4.11. The van der Waals surface area contributed by atoms with Crippen LogP contribution in [0.1, 0.15) is 45.1 Å². The Morgan fingerprint density at radius 2 is 2.15 bits per heavy atom. The highest BCUT2D eigenvalue weighted by Gasteiger charge is 2.68. The normalized spacial score (nSPS) is 34.6. The number of ether oxygens (including phenoxy) is 1. The lowest BCUT2D eigenvalue weighted by Crippen LogP contribution is -2.48. The van der Waals surface area contributed by atoms with Crippen LogP contribution in [0.2, 0.25) is 5.02 Å². The van der Waals surface area contributed by atoms with Crippen molar-refractivity contribution in [1.82, 2.24) is 0 Å². The molecular weight excluding hydrogens is 368 g/mol. The van der Waals surface area contributed by atoms with Crippen molar-refractivity contribution in [3.8, 4) is 0 Å². The van der Waals surface area contributed by atoms with Gasteiger partial charge in [-0.3, -0.25) is 15.1 Å². The maximum atomic E-state index is 12.9. The van der Waals surface area contributed by atoms with E-state index in [2.05, 4.69) is 20.8 Å². The van der Waals surface area contributed by atoms with Gasteiger partial charge in [0.2, 0.25) is 6.54 Å². The maximum absolute atomic E-state index is 12.9. The van der Waals surface area contributed by atoms with Crippen LogP contribution in [0.15, 0.2) is 29.3 Å². The highest BCUT2D eigenvalue weighted by atomic mass is 35.5. The molecular formula is C20H23ClN2O4. The van der Waals surface area contributed by atoms with Gasteiger partial charge in [-0.25, -0.2) is 4.79 Å². The second-order valence-electron chi connectivity index (χ2n) is 8.72. The molecule has 7 heteroatoms. The molecule has 6 nitrogen and oxygen atoms in total. The van der Waals surface area contributed by atoms with Crippen molar-refractivity contribution < 1.29 is 14.5 Å². The number of hydrogen-bond donors (Lipinski definition) is 0. The van der Waals surface area contributed by atoms with Crippen LogP contribution < -0.4 is 0 Å². The Morgan fingerprint density at radius 3 is 2.81 bits per heavy atom. The van der Waals surface area contributed by atoms with Gasteiger partial charge in [-0.15, -0.1) is 0 Å². The van der Waals surface area contributed by atoms with Gasteiger partial charge in [0.05, 0.1) is 11.6 Å². The van der Waals surface area contributed by atoms with Crippen LogP contribution in [0.25, 0.3) is 0 Å². The molecule has 0 unspecified atom stereocenters. The molecule has 1 aromatic carbocycles. The van der Waals surface area contributed by atoms with Gasteiger partial charge in [-0.05, 0) is 36.0 Å². The van der Waals surface area contributed by atoms with Crippen LogP contribution >= 0.6 is 11.6 Å². The van der Waals surface area contributed by atoms with Gasteiger partial charge in [0, 0.05) is 21.3 Å². The van der Waals surface area contributed by atoms with Crippen molar-refractivity contribution in [3.05, 3.63) is 45.0 Å². The summed E-state index contributed by atoms with van der Waals surface area (Å²) >= 11 is 6.08. The second kappa shape index (κ2) is 6.03. The fraction of sp³-hybridized carbons (Fsp3) is 0.600. The fourth-order valence-electron chi connectivity index (χ4n) is 5.31. The molecule has 4 rings (SSSR count). The number of benzene rings is 1. The minimum atomic E-state index is -0.904. The molecule has 1 heterocycles. The molecule has 0 N–H and O–H groups in total. The van der Waals surface area contributed by atoms with Crippen LogP contribution in [0.5, 0.6) is 0 Å². The van der Waals surface area contributed by atoms with Crippen molar-refractivity contribution in [3.63, 3.8) is 0 Å². The average molecular weight is 391 g/mol. The van der Waals surface area contributed by atoms with E-state index in [1.807, 2.05) is 0 Å². The predicted molar refractivity (Wildman–Crippen MR) is 102 cm³/mol. The third-order valence-electron chi connectivity index (χ3n) is 7.27. The number of nitrogens with zero attached hydrogens (tertiary/aromatic N) is 2. The molecule has 2 saturated carbocycles. The summed E-state index contributed by atoms with van der Waals surface area (Å²) in [6.45, 7) is 6.19. The number of esters is 1. The molecule has 27 heavy (non-hydrogen) atoms. The summed E-state index contributed by atoms with van der Waals surface area (Å²) in [6.07, 6.45) is 1.70. The third kappa shape index (κ3) is 2.60. The molecule has 2 fully saturated rings. The summed E-state index contributed by atoms with van der Waals surface area (Å²) in [5.74, 6) is -0.923. The van der Waals surface area contributed by atoms with Gasteiger partial charge in [-0.1, -0.05) is 44.5 Å². The lowest BCUT2D eigenvalue weighted by molar-refractivity contribution is -0.483. The highest BCUT2D eigenvalue weighted by Crippen LogP contribution is 2.65. The maximum Gasteiger partial charge on any atom is 0.332 e. The molecule has 2 bridgehead atoms. The molecule has 0 saturated heterocycles. The van der Waals surface area contributed by atoms with Crippen LogP contribution in [-0.4, -0.2) is 35.3 Å². The van der Waals surface area contributed by atoms with E-state index >= 15 is 0 Å². The van der Waals surface area contributed by atoms with E-state index in [1.54, 1.807) is 24.3 Å². The fourth-order valence-corrected chi connectivity index (χ4v) is 5.51. The zero-order valence-corrected chi connectivity index (χ0v) is 16.4. The van der Waals surface area contributed by atoms with E-state index in [0.29, 0.717) is 10.6 Å². The van der Waals surface area contributed by atoms with Gasteiger partial charge in [-0.2, -0.15) is 0 Å². The number of nitro groups is 1. The molecule has 0 radical (unpaired) electrons. The monoisotopic (exact) mass is 390 g/mol. The lowest BCUT2D eigenvalue weighted by atomic mass is 9.70. The third-order valence-corrected chi connectivity index (χ3v) is 7.50. The molecule has 2 aliphatic carbocycles. The zero-order chi connectivity index (χ0) is 19.6. The van der Waals surface area contributed by atoms with E-state index in [1.165, 1.54) is 0 Å². The van der Waals surface area contributed by atoms with E-state index in [9.17, 15) is 14.9 Å². The van der Waals surface area contributed by atoms with Crippen molar-refractivity contribution in [1.29, 1.82) is 0 Å². The summed E-state index contributed by atoms with van der Waals surface area (Å²) in [4.78, 5) is 28.6. The SMILES string of the molecule is CC1(C)[C@@H]2CC[C@@]1(C)[C@@H]1OC(=O)[C@@H]([C@@H](C[N+](=O)[O-])c3cccc(Cl)c3)N=C21. The van der Waals surface area contributed by atoms with E-state index in [0.717, 1.165) is 18.6 Å². The largest absolute Gasteiger partial charge is 0.454 e. The standard InChI is InChI=1S/C20H23ClN2O4/c1-19(2)14-7-8-20(19,3)17-16(14)22-15(18(24)27-17)13(10-23(25)26)11-5-4-6-12(21)9-11/h4-6,9,13-15,17H,7-8,10H2,1-3H3/t13-,14+,15+,17+,20-/m0/s1. The smallest absolute Gasteiger partial charge is 0.332 e. The number of hydrogen-bond acceptors (Lipinski definition) is 5. The topological polar surface area (TPSA) is 81.8 Å². The minimum absolute atomic E-state index is 0.0136. The molecule has 1 aromatic rings. The van der Waals surface area contributed by atoms with Crippen molar-refractivity contribution in [2.45, 2.75) is 51.7 Å². The zero-order valence-electron chi connectivity index (χ0n) is 15.6. The number of carbonyl (C=O) groups excluding carboxylic acids is 1. The Morgan fingerprint density at radius 1 is 1.41 bits per heavy atom. The number of halogens is 1. The van der Waals surface area contributed by atoms with Gasteiger partial charge in [0.15, 0.2) is 6.04 Å². The first-order valence-electron chi connectivity index (χ1n) is 9.30. The minimum Gasteiger partial charge on any atom is -0.454 e. The predicted octanol–water partition coefficient (Wildman–Crippen LogP) is 3.89. The molecule has 0 amide bonds. The molecule has 5 atom stereocenters. The number of carbonyl (C=O) groups is 1. The summed E-state index contributed by atoms with van der Waals surface area (Å²) in [6, 6.07) is 5.96. The summed E-state index contributed by atoms with van der Waals surface area (Å²) in [7, 11) is 0. The average Bonchev–Trinajstić information content (AvgIpc) is 2.91. The summed E-state index contributed by atoms with van der Waals surface area (Å²) in [5.41, 5.74) is 1.40. The van der Waals surface area contributed by atoms with Gasteiger partial charge in [0.25, 0.3) is 0 Å². The molecule has 1 aliphatic heterocycles.